The minimum absolute atomic E-state index is 0.0313. The third kappa shape index (κ3) is 2.30. The topological polar surface area (TPSA) is 94.2 Å². The molecule has 0 aromatic heterocycles. The van der Waals surface area contributed by atoms with Crippen LogP contribution < -0.4 is 4.90 Å². The van der Waals surface area contributed by atoms with Gasteiger partial charge in [-0.1, -0.05) is 48.5 Å². The smallest absolute Gasteiger partial charge is 0.243 e. The van der Waals surface area contributed by atoms with E-state index in [1.54, 1.807) is 54.6 Å². The molecule has 1 aliphatic carbocycles. The molecule has 1 amide bonds. The maximum absolute atomic E-state index is 13.6. The molecule has 6 nitrogen and oxygen atoms in total. The average molecular weight is 383 g/mol. The predicted molar refractivity (Wildman–Crippen MR) is 105 cm³/mol. The molecule has 4 rings (SSSR count). The van der Waals surface area contributed by atoms with E-state index in [2.05, 4.69) is 12.1 Å². The summed E-state index contributed by atoms with van der Waals surface area (Å²) in [6.07, 6.45) is 1.32. The lowest BCUT2D eigenvalue weighted by atomic mass is 9.62. The summed E-state index contributed by atoms with van der Waals surface area (Å²) < 4.78 is 5.18. The van der Waals surface area contributed by atoms with Crippen molar-refractivity contribution in [2.24, 2.45) is 5.41 Å². The second kappa shape index (κ2) is 6.70. The van der Waals surface area contributed by atoms with Gasteiger partial charge < -0.3 is 4.74 Å². The van der Waals surface area contributed by atoms with Crippen molar-refractivity contribution >= 4 is 23.5 Å². The first-order chi connectivity index (χ1) is 14.1. The van der Waals surface area contributed by atoms with Gasteiger partial charge in [0, 0.05) is 19.1 Å². The van der Waals surface area contributed by atoms with Crippen molar-refractivity contribution in [1.82, 2.24) is 0 Å². The van der Waals surface area contributed by atoms with E-state index < -0.39 is 16.7 Å². The van der Waals surface area contributed by atoms with Crippen molar-refractivity contribution < 1.29 is 14.3 Å². The SMILES string of the molecule is COCN1C(=O)[C@]2(CC(=O)/C(=C/c3ccccc3)C2(C#N)C#N)c2ccccc21. The van der Waals surface area contributed by atoms with Crippen LogP contribution in [0.25, 0.3) is 6.08 Å². The van der Waals surface area contributed by atoms with E-state index in [0.29, 0.717) is 16.8 Å². The quantitative estimate of drug-likeness (QED) is 0.760. The Labute approximate surface area is 168 Å². The molecule has 6 heteroatoms. The Bertz CT molecular complexity index is 1110. The number of allylic oxidation sites excluding steroid dienone is 1. The molecule has 1 saturated carbocycles. The Balaban J connectivity index is 2.01. The lowest BCUT2D eigenvalue weighted by Crippen LogP contribution is -2.49. The Kier molecular flexibility index (Phi) is 4.30. The molecule has 0 radical (unpaired) electrons. The van der Waals surface area contributed by atoms with Crippen LogP contribution in [0.5, 0.6) is 0 Å². The van der Waals surface area contributed by atoms with Gasteiger partial charge in [-0.25, -0.2) is 0 Å². The van der Waals surface area contributed by atoms with Crippen LogP contribution in [0.15, 0.2) is 60.2 Å². The van der Waals surface area contributed by atoms with Crippen LogP contribution in [0, 0.1) is 28.1 Å². The number of hydrogen-bond donors (Lipinski definition) is 0. The molecule has 1 fully saturated rings. The van der Waals surface area contributed by atoms with Crippen molar-refractivity contribution in [3.8, 4) is 12.1 Å². The number of benzene rings is 2. The zero-order valence-electron chi connectivity index (χ0n) is 15.8. The molecule has 2 aromatic carbocycles. The molecular weight excluding hydrogens is 366 g/mol. The molecule has 142 valence electrons. The highest BCUT2D eigenvalue weighted by Crippen LogP contribution is 2.61. The highest BCUT2D eigenvalue weighted by Gasteiger charge is 2.71. The van der Waals surface area contributed by atoms with Crippen LogP contribution in [-0.4, -0.2) is 25.5 Å². The molecule has 29 heavy (non-hydrogen) atoms. The minimum Gasteiger partial charge on any atom is -0.364 e. The first-order valence-electron chi connectivity index (χ1n) is 9.09. The van der Waals surface area contributed by atoms with Gasteiger partial charge >= 0.3 is 0 Å². The zero-order valence-corrected chi connectivity index (χ0v) is 15.8. The number of carbonyl (C=O) groups is 2. The van der Waals surface area contributed by atoms with Gasteiger partial charge in [0.2, 0.25) is 5.91 Å². The van der Waals surface area contributed by atoms with Crippen molar-refractivity contribution in [3.05, 3.63) is 71.3 Å². The number of fused-ring (bicyclic) bond motifs is 2. The maximum atomic E-state index is 13.6. The summed E-state index contributed by atoms with van der Waals surface area (Å²) in [4.78, 5) is 28.1. The Morgan fingerprint density at radius 1 is 1.07 bits per heavy atom. The van der Waals surface area contributed by atoms with Crippen LogP contribution in [0.1, 0.15) is 17.5 Å². The molecule has 2 aliphatic rings. The molecule has 0 unspecified atom stereocenters. The van der Waals surface area contributed by atoms with E-state index in [0.717, 1.165) is 0 Å². The van der Waals surface area contributed by atoms with Gasteiger partial charge in [0.25, 0.3) is 0 Å². The van der Waals surface area contributed by atoms with E-state index in [4.69, 9.17) is 4.74 Å². The van der Waals surface area contributed by atoms with Gasteiger partial charge in [-0.05, 0) is 23.3 Å². The van der Waals surface area contributed by atoms with E-state index in [9.17, 15) is 20.1 Å². The minimum atomic E-state index is -1.93. The van der Waals surface area contributed by atoms with E-state index >= 15 is 0 Å². The summed E-state index contributed by atoms with van der Waals surface area (Å²) in [6.45, 7) is -0.0313. The number of Topliss-reactive ketones (excluding diaryl/α,β-unsaturated/α-hetero) is 1. The maximum Gasteiger partial charge on any atom is 0.243 e. The van der Waals surface area contributed by atoms with Gasteiger partial charge in [0.15, 0.2) is 11.2 Å². The van der Waals surface area contributed by atoms with Crippen LogP contribution in [0.3, 0.4) is 0 Å². The summed E-state index contributed by atoms with van der Waals surface area (Å²) in [5.41, 5.74) is -1.72. The number of ketones is 1. The Morgan fingerprint density at radius 2 is 1.72 bits per heavy atom. The zero-order chi connectivity index (χ0) is 20.6. The van der Waals surface area contributed by atoms with Crippen molar-refractivity contribution in [2.45, 2.75) is 11.8 Å². The number of amides is 1. The first-order valence-corrected chi connectivity index (χ1v) is 9.09. The third-order valence-corrected chi connectivity index (χ3v) is 5.74. The van der Waals surface area contributed by atoms with Crippen LogP contribution in [0.2, 0.25) is 0 Å². The number of rotatable bonds is 3. The lowest BCUT2D eigenvalue weighted by molar-refractivity contribution is -0.127. The molecule has 1 aliphatic heterocycles. The monoisotopic (exact) mass is 383 g/mol. The van der Waals surface area contributed by atoms with E-state index in [1.807, 2.05) is 6.07 Å². The van der Waals surface area contributed by atoms with Gasteiger partial charge in [0.05, 0.1) is 17.8 Å². The number of nitrogens with zero attached hydrogens (tertiary/aromatic N) is 3. The fraction of sp³-hybridized carbons (Fsp3) is 0.217. The second-order valence-corrected chi connectivity index (χ2v) is 7.12. The van der Waals surface area contributed by atoms with E-state index in [1.165, 1.54) is 12.0 Å². The number of nitriles is 2. The summed E-state index contributed by atoms with van der Waals surface area (Å²) >= 11 is 0. The average Bonchev–Trinajstić information content (AvgIpc) is 3.14. The Morgan fingerprint density at radius 3 is 2.38 bits per heavy atom. The fourth-order valence-corrected chi connectivity index (χ4v) is 4.46. The largest absolute Gasteiger partial charge is 0.364 e. The molecule has 1 spiro atoms. The summed E-state index contributed by atoms with van der Waals surface area (Å²) in [5, 5.41) is 20.4. The predicted octanol–water partition coefficient (Wildman–Crippen LogP) is 2.96. The van der Waals surface area contributed by atoms with Crippen molar-refractivity contribution in [3.63, 3.8) is 0 Å². The highest BCUT2D eigenvalue weighted by molar-refractivity contribution is 6.19. The number of hydrogen-bond acceptors (Lipinski definition) is 5. The molecule has 2 aromatic rings. The molecular formula is C23H17N3O3. The number of ether oxygens (including phenoxy) is 1. The van der Waals surface area contributed by atoms with Crippen LogP contribution in [-0.2, 0) is 19.7 Å². The second-order valence-electron chi connectivity index (χ2n) is 7.12. The Hall–Kier alpha value is -3.74. The van der Waals surface area contributed by atoms with Crippen LogP contribution >= 0.6 is 0 Å². The highest BCUT2D eigenvalue weighted by atomic mass is 16.5. The van der Waals surface area contributed by atoms with Gasteiger partial charge in [-0.3, -0.25) is 14.5 Å². The van der Waals surface area contributed by atoms with Crippen molar-refractivity contribution in [1.29, 1.82) is 10.5 Å². The third-order valence-electron chi connectivity index (χ3n) is 5.74. The summed E-state index contributed by atoms with van der Waals surface area (Å²) in [6, 6.07) is 20.1. The standard InChI is InChI=1S/C23H17N3O3/c1-29-15-26-19-10-6-5-9-17(19)23(21(26)28)12-20(27)18(22(23,13-24)14-25)11-16-7-3-2-4-8-16/h2-11H,12,15H2,1H3/b18-11-/t23-/m0/s1. The van der Waals surface area contributed by atoms with E-state index in [-0.39, 0.29) is 24.5 Å². The molecule has 0 bridgehead atoms. The van der Waals surface area contributed by atoms with Gasteiger partial charge in [-0.2, -0.15) is 10.5 Å². The molecule has 0 N–H and O–H groups in total. The molecule has 1 heterocycles. The first kappa shape index (κ1) is 18.6. The molecule has 1 atom stereocenters. The van der Waals surface area contributed by atoms with Crippen LogP contribution in [0.4, 0.5) is 5.69 Å². The normalized spacial score (nSPS) is 23.3. The number of para-hydroxylation sites is 1. The number of methoxy groups -OCH3 is 1. The lowest BCUT2D eigenvalue weighted by Gasteiger charge is -2.31. The number of carbonyl (C=O) groups excluding carboxylic acids is 2. The van der Waals surface area contributed by atoms with Gasteiger partial charge in [-0.15, -0.1) is 0 Å². The fourth-order valence-electron chi connectivity index (χ4n) is 4.46. The van der Waals surface area contributed by atoms with Crippen molar-refractivity contribution in [2.75, 3.05) is 18.7 Å². The summed E-state index contributed by atoms with van der Waals surface area (Å²) in [7, 11) is 1.46. The number of anilines is 1. The molecule has 0 saturated heterocycles. The van der Waals surface area contributed by atoms with Gasteiger partial charge in [0.1, 0.15) is 12.1 Å². The summed E-state index contributed by atoms with van der Waals surface area (Å²) in [5.74, 6) is -0.840.